The van der Waals surface area contributed by atoms with Crippen LogP contribution in [0.2, 0.25) is 16.6 Å². The molecule has 0 aliphatic heterocycles. The van der Waals surface area contributed by atoms with Gasteiger partial charge in [0.1, 0.15) is 17.7 Å². The molecule has 1 aromatic carbocycles. The van der Waals surface area contributed by atoms with Gasteiger partial charge in [-0.1, -0.05) is 97.7 Å². The van der Waals surface area contributed by atoms with Crippen LogP contribution in [0.25, 0.3) is 0 Å². The maximum Gasteiger partial charge on any atom is 0.408 e. The minimum Gasteiger partial charge on any atom is -0.458 e. The lowest BCUT2D eigenvalue weighted by atomic mass is 9.94. The summed E-state index contributed by atoms with van der Waals surface area (Å²) in [6.45, 7) is 18.2. The number of benzene rings is 1. The van der Waals surface area contributed by atoms with E-state index in [9.17, 15) is 19.5 Å². The van der Waals surface area contributed by atoms with E-state index < -0.39 is 50.7 Å². The second-order valence-electron chi connectivity index (χ2n) is 12.8. The molecule has 0 radical (unpaired) electrons. The maximum absolute atomic E-state index is 14.0. The van der Waals surface area contributed by atoms with Crippen molar-refractivity contribution in [1.82, 2.24) is 10.3 Å². The Morgan fingerprint density at radius 2 is 1.52 bits per heavy atom. The standard InChI is InChI=1S/C35H54N2O7SSi/c1-10-11-19-29(34(40)45-30-20-15-16-21-36-30)32(44-46(23(2)3,24(4)5)25(6)7)27(9)43-33(39)31(26(8)38)37-35(41)42-22-28-17-13-12-14-18-28/h12-18,20-21,23-27,29,31-32,38H,10-11,19,22H2,1-9H3,(H,37,41)/t26-,27+,29-,31+,32+/m0/s1. The van der Waals surface area contributed by atoms with Crippen LogP contribution in [0.4, 0.5) is 4.79 Å². The normalized spacial score (nSPS) is 15.2. The number of aliphatic hydroxyl groups excluding tert-OH is 1. The van der Waals surface area contributed by atoms with Gasteiger partial charge in [0.2, 0.25) is 13.4 Å². The molecule has 2 rings (SSSR count). The molecule has 0 bridgehead atoms. The number of esters is 1. The monoisotopic (exact) mass is 674 g/mol. The molecule has 1 heterocycles. The van der Waals surface area contributed by atoms with Gasteiger partial charge < -0.3 is 24.3 Å². The molecule has 2 N–H and O–H groups in total. The molecule has 0 aliphatic carbocycles. The number of nitrogens with zero attached hydrogens (tertiary/aromatic N) is 1. The molecule has 1 aromatic heterocycles. The Labute approximate surface area is 280 Å². The number of aromatic nitrogens is 1. The van der Waals surface area contributed by atoms with Gasteiger partial charge in [0.25, 0.3) is 0 Å². The summed E-state index contributed by atoms with van der Waals surface area (Å²) in [6, 6.07) is 13.2. The van der Waals surface area contributed by atoms with Gasteiger partial charge in [0.15, 0.2) is 6.04 Å². The first-order valence-electron chi connectivity index (χ1n) is 16.4. The average Bonchev–Trinajstić information content (AvgIpc) is 3.00. The zero-order valence-electron chi connectivity index (χ0n) is 28.9. The number of carbonyl (C=O) groups excluding carboxylic acids is 3. The highest BCUT2D eigenvalue weighted by molar-refractivity contribution is 8.13. The SMILES string of the molecule is CCCC[C@H](C(=O)Sc1ccccn1)[C@H](O[Si](C(C)C)(C(C)C)C(C)C)[C@@H](C)OC(=O)[C@H](NC(=O)OCc1ccccc1)[C@H](C)O. The lowest BCUT2D eigenvalue weighted by molar-refractivity contribution is -0.161. The minimum absolute atomic E-state index is 0.00203. The number of pyridine rings is 1. The molecule has 0 spiro atoms. The van der Waals surface area contributed by atoms with Crippen LogP contribution in [0.1, 0.15) is 87.1 Å². The Morgan fingerprint density at radius 1 is 0.913 bits per heavy atom. The van der Waals surface area contributed by atoms with E-state index in [1.807, 2.05) is 36.4 Å². The highest BCUT2D eigenvalue weighted by Crippen LogP contribution is 2.45. The number of hydrogen-bond acceptors (Lipinski definition) is 9. The Morgan fingerprint density at radius 3 is 2.04 bits per heavy atom. The fourth-order valence-corrected chi connectivity index (χ4v) is 12.7. The molecule has 5 atom stereocenters. The van der Waals surface area contributed by atoms with E-state index in [-0.39, 0.29) is 28.3 Å². The van der Waals surface area contributed by atoms with E-state index in [1.54, 1.807) is 25.3 Å². The average molecular weight is 675 g/mol. The third kappa shape index (κ3) is 11.2. The molecular weight excluding hydrogens is 621 g/mol. The second kappa shape index (κ2) is 19.2. The molecular formula is C35H54N2O7SSi. The van der Waals surface area contributed by atoms with Gasteiger partial charge in [-0.3, -0.25) is 4.79 Å². The predicted octanol–water partition coefficient (Wildman–Crippen LogP) is 7.67. The highest BCUT2D eigenvalue weighted by Gasteiger charge is 2.50. The molecule has 256 valence electrons. The number of unbranched alkanes of at least 4 members (excludes halogenated alkanes) is 1. The summed E-state index contributed by atoms with van der Waals surface area (Å²) >= 11 is 1.07. The number of amides is 1. The van der Waals surface area contributed by atoms with Crippen molar-refractivity contribution in [3.8, 4) is 0 Å². The van der Waals surface area contributed by atoms with Crippen molar-refractivity contribution in [1.29, 1.82) is 0 Å². The molecule has 9 nitrogen and oxygen atoms in total. The Balaban J connectivity index is 2.41. The van der Waals surface area contributed by atoms with Crippen LogP contribution < -0.4 is 5.32 Å². The second-order valence-corrected chi connectivity index (χ2v) is 19.2. The summed E-state index contributed by atoms with van der Waals surface area (Å²) in [5.41, 5.74) is 1.43. The summed E-state index contributed by atoms with van der Waals surface area (Å²) < 4.78 is 18.5. The fourth-order valence-electron chi connectivity index (χ4n) is 6.17. The topological polar surface area (TPSA) is 124 Å². The van der Waals surface area contributed by atoms with Crippen LogP contribution in [0, 0.1) is 5.92 Å². The van der Waals surface area contributed by atoms with Crippen LogP contribution in [0.15, 0.2) is 59.8 Å². The number of ether oxygens (including phenoxy) is 2. The molecule has 11 heteroatoms. The molecule has 0 saturated heterocycles. The van der Waals surface area contributed by atoms with Gasteiger partial charge in [-0.25, -0.2) is 14.6 Å². The lowest BCUT2D eigenvalue weighted by Crippen LogP contribution is -2.56. The zero-order valence-corrected chi connectivity index (χ0v) is 30.7. The molecule has 46 heavy (non-hydrogen) atoms. The first-order chi connectivity index (χ1) is 21.7. The van der Waals surface area contributed by atoms with E-state index in [1.165, 1.54) is 6.92 Å². The van der Waals surface area contributed by atoms with E-state index in [2.05, 4.69) is 58.8 Å². The van der Waals surface area contributed by atoms with Gasteiger partial charge in [-0.15, -0.1) is 0 Å². The summed E-state index contributed by atoms with van der Waals surface area (Å²) in [7, 11) is -2.57. The van der Waals surface area contributed by atoms with Crippen molar-refractivity contribution < 1.29 is 33.4 Å². The van der Waals surface area contributed by atoms with Crippen LogP contribution in [0.5, 0.6) is 0 Å². The van der Waals surface area contributed by atoms with Crippen LogP contribution in [-0.2, 0) is 30.1 Å². The van der Waals surface area contributed by atoms with Crippen molar-refractivity contribution in [3.63, 3.8) is 0 Å². The van der Waals surface area contributed by atoms with E-state index in [0.717, 1.165) is 30.2 Å². The van der Waals surface area contributed by atoms with E-state index in [0.29, 0.717) is 11.4 Å². The van der Waals surface area contributed by atoms with Crippen molar-refractivity contribution in [2.24, 2.45) is 5.92 Å². The quantitative estimate of drug-likeness (QED) is 0.0931. The van der Waals surface area contributed by atoms with E-state index >= 15 is 0 Å². The first-order valence-corrected chi connectivity index (χ1v) is 19.4. The minimum atomic E-state index is -2.57. The van der Waals surface area contributed by atoms with Gasteiger partial charge in [-0.05, 0) is 66.3 Å². The van der Waals surface area contributed by atoms with Gasteiger partial charge in [0, 0.05) is 6.20 Å². The van der Waals surface area contributed by atoms with Crippen molar-refractivity contribution in [3.05, 3.63) is 60.3 Å². The summed E-state index contributed by atoms with van der Waals surface area (Å²) in [5.74, 6) is -1.43. The van der Waals surface area contributed by atoms with Crippen LogP contribution in [0.3, 0.4) is 0 Å². The van der Waals surface area contributed by atoms with Crippen LogP contribution in [-0.4, -0.2) is 59.9 Å². The predicted molar refractivity (Wildman–Crippen MR) is 185 cm³/mol. The van der Waals surface area contributed by atoms with Crippen molar-refractivity contribution >= 4 is 37.3 Å². The third-order valence-electron chi connectivity index (χ3n) is 8.45. The highest BCUT2D eigenvalue weighted by atomic mass is 32.2. The number of carbonyl (C=O) groups is 3. The van der Waals surface area contributed by atoms with Gasteiger partial charge >= 0.3 is 12.1 Å². The molecule has 0 fully saturated rings. The smallest absolute Gasteiger partial charge is 0.408 e. The third-order valence-corrected chi connectivity index (χ3v) is 15.5. The largest absolute Gasteiger partial charge is 0.458 e. The molecule has 0 saturated carbocycles. The maximum atomic E-state index is 14.0. The zero-order chi connectivity index (χ0) is 34.4. The van der Waals surface area contributed by atoms with Gasteiger partial charge in [0.05, 0.1) is 18.1 Å². The molecule has 0 unspecified atom stereocenters. The van der Waals surface area contributed by atoms with Crippen molar-refractivity contribution in [2.45, 2.75) is 134 Å². The lowest BCUT2D eigenvalue weighted by Gasteiger charge is -2.47. The Hall–Kier alpha value is -2.73. The van der Waals surface area contributed by atoms with Crippen molar-refractivity contribution in [2.75, 3.05) is 0 Å². The van der Waals surface area contributed by atoms with E-state index in [4.69, 9.17) is 13.9 Å². The summed E-state index contributed by atoms with van der Waals surface area (Å²) in [5, 5.41) is 13.4. The summed E-state index contributed by atoms with van der Waals surface area (Å²) in [6.07, 6.45) is 0.106. The number of thioether (sulfide) groups is 1. The first kappa shape index (κ1) is 39.4. The van der Waals surface area contributed by atoms with Crippen LogP contribution >= 0.6 is 11.8 Å². The van der Waals surface area contributed by atoms with Gasteiger partial charge in [-0.2, -0.15) is 0 Å². The number of aliphatic hydroxyl groups is 1. The number of nitrogens with one attached hydrogen (secondary N) is 1. The molecule has 0 aliphatic rings. The number of hydrogen-bond donors (Lipinski definition) is 2. The number of alkyl carbamates (subject to hydrolysis) is 1. The number of rotatable bonds is 18. The Kier molecular flexibility index (Phi) is 16.4. The molecule has 1 amide bonds. The Bertz CT molecular complexity index is 1190. The summed E-state index contributed by atoms with van der Waals surface area (Å²) in [4.78, 5) is 44.6. The fraction of sp³-hybridized carbons (Fsp3) is 0.600. The molecule has 2 aromatic rings.